The third-order valence-corrected chi connectivity index (χ3v) is 4.80. The van der Waals surface area contributed by atoms with E-state index in [0.717, 1.165) is 4.90 Å². The average molecular weight is 453 g/mol. The number of carbonyl (C=O) groups is 4. The highest BCUT2D eigenvalue weighted by atomic mass is 16.5. The minimum Gasteiger partial charge on any atom is -0.497 e. The molecule has 1 aliphatic heterocycles. The van der Waals surface area contributed by atoms with E-state index < -0.39 is 29.7 Å². The molecule has 1 aliphatic rings. The number of benzene rings is 2. The summed E-state index contributed by atoms with van der Waals surface area (Å²) in [5, 5.41) is 11.3. The molecule has 33 heavy (non-hydrogen) atoms. The number of amides is 3. The molecule has 0 saturated heterocycles. The number of rotatable bonds is 8. The summed E-state index contributed by atoms with van der Waals surface area (Å²) in [6.07, 6.45) is 2.23. The van der Waals surface area contributed by atoms with Gasteiger partial charge in [0.25, 0.3) is 5.91 Å². The largest absolute Gasteiger partial charge is 0.497 e. The Kier molecular flexibility index (Phi) is 7.29. The van der Waals surface area contributed by atoms with Crippen molar-refractivity contribution in [1.29, 1.82) is 0 Å². The number of carbonyl (C=O) groups excluding carboxylic acids is 3. The SMILES string of the molecule is COc1cccc(Oc2ccc(N(C(=O)NCCC(=O)O)[C@H]3C(=O)C=CN(C)C3=O)cc2)c1. The number of carboxylic acid groups (broad SMARTS) is 1. The number of aliphatic carboxylic acids is 1. The Morgan fingerprint density at radius 3 is 2.45 bits per heavy atom. The van der Waals surface area contributed by atoms with Crippen LogP contribution in [0.25, 0.3) is 0 Å². The van der Waals surface area contributed by atoms with E-state index in [1.54, 1.807) is 43.5 Å². The number of urea groups is 1. The lowest BCUT2D eigenvalue weighted by molar-refractivity contribution is -0.137. The van der Waals surface area contributed by atoms with Crippen molar-refractivity contribution in [2.75, 3.05) is 25.6 Å². The lowest BCUT2D eigenvalue weighted by atomic mass is 10.1. The topological polar surface area (TPSA) is 125 Å². The summed E-state index contributed by atoms with van der Waals surface area (Å²) in [7, 11) is 3.02. The molecule has 2 N–H and O–H groups in total. The molecular weight excluding hydrogens is 430 g/mol. The van der Waals surface area contributed by atoms with Crippen LogP contribution in [0.1, 0.15) is 6.42 Å². The van der Waals surface area contributed by atoms with Crippen LogP contribution in [-0.2, 0) is 14.4 Å². The number of carboxylic acids is 1. The van der Waals surface area contributed by atoms with Crippen molar-refractivity contribution in [3.63, 3.8) is 0 Å². The van der Waals surface area contributed by atoms with Crippen molar-refractivity contribution >= 4 is 29.4 Å². The first kappa shape index (κ1) is 23.3. The van der Waals surface area contributed by atoms with Crippen molar-refractivity contribution in [2.45, 2.75) is 12.5 Å². The van der Waals surface area contributed by atoms with Crippen LogP contribution in [-0.4, -0.2) is 60.4 Å². The molecule has 172 valence electrons. The molecular formula is C23H23N3O7. The quantitative estimate of drug-likeness (QED) is 0.588. The Balaban J connectivity index is 1.87. The number of nitrogens with one attached hydrogen (secondary N) is 1. The molecule has 10 heteroatoms. The fourth-order valence-electron chi connectivity index (χ4n) is 3.12. The van der Waals surface area contributed by atoms with Crippen LogP contribution < -0.4 is 19.7 Å². The molecule has 0 fully saturated rings. The van der Waals surface area contributed by atoms with Gasteiger partial charge >= 0.3 is 12.0 Å². The number of ether oxygens (including phenoxy) is 2. The zero-order chi connectivity index (χ0) is 24.0. The van der Waals surface area contributed by atoms with Crippen LogP contribution in [0, 0.1) is 0 Å². The molecule has 2 aromatic rings. The van der Waals surface area contributed by atoms with Gasteiger partial charge in [-0.1, -0.05) is 6.07 Å². The van der Waals surface area contributed by atoms with E-state index in [4.69, 9.17) is 14.6 Å². The molecule has 10 nitrogen and oxygen atoms in total. The summed E-state index contributed by atoms with van der Waals surface area (Å²) in [5.41, 5.74) is 0.260. The fourth-order valence-corrected chi connectivity index (χ4v) is 3.12. The number of hydrogen-bond donors (Lipinski definition) is 2. The van der Waals surface area contributed by atoms with Crippen molar-refractivity contribution in [1.82, 2.24) is 10.2 Å². The minimum atomic E-state index is -1.42. The van der Waals surface area contributed by atoms with E-state index in [2.05, 4.69) is 5.32 Å². The standard InChI is InChI=1S/C23H23N3O7/c1-25-13-11-19(27)21(22(25)30)26(23(31)24-12-10-20(28)29)15-6-8-16(9-7-15)33-18-5-3-4-17(14-18)32-2/h3-9,11,13-14,21H,10,12H2,1-2H3,(H,24,31)(H,28,29)/t21-/m0/s1. The Labute approximate surface area is 190 Å². The summed E-state index contributed by atoms with van der Waals surface area (Å²) < 4.78 is 11.0. The summed E-state index contributed by atoms with van der Waals surface area (Å²) >= 11 is 0. The fraction of sp³-hybridized carbons (Fsp3) is 0.217. The van der Waals surface area contributed by atoms with Crippen LogP contribution in [0.15, 0.2) is 60.8 Å². The van der Waals surface area contributed by atoms with Gasteiger partial charge < -0.3 is 24.8 Å². The van der Waals surface area contributed by atoms with Gasteiger partial charge in [0, 0.05) is 37.6 Å². The van der Waals surface area contributed by atoms with Gasteiger partial charge in [-0.15, -0.1) is 0 Å². The lowest BCUT2D eigenvalue weighted by Crippen LogP contribution is -2.57. The Morgan fingerprint density at radius 2 is 1.79 bits per heavy atom. The van der Waals surface area contributed by atoms with Gasteiger partial charge in [0.05, 0.1) is 13.5 Å². The van der Waals surface area contributed by atoms with E-state index in [-0.39, 0.29) is 18.7 Å². The highest BCUT2D eigenvalue weighted by Crippen LogP contribution is 2.28. The summed E-state index contributed by atoms with van der Waals surface area (Å²) in [6, 6.07) is 11.1. The molecule has 0 aliphatic carbocycles. The van der Waals surface area contributed by atoms with Gasteiger partial charge in [0.15, 0.2) is 11.8 Å². The zero-order valence-corrected chi connectivity index (χ0v) is 18.1. The zero-order valence-electron chi connectivity index (χ0n) is 18.1. The van der Waals surface area contributed by atoms with Gasteiger partial charge in [-0.05, 0) is 36.4 Å². The number of anilines is 1. The van der Waals surface area contributed by atoms with Crippen LogP contribution in [0.4, 0.5) is 10.5 Å². The molecule has 0 spiro atoms. The molecule has 2 aromatic carbocycles. The number of methoxy groups -OCH3 is 1. The Morgan fingerprint density at radius 1 is 1.09 bits per heavy atom. The molecule has 3 rings (SSSR count). The average Bonchev–Trinajstić information content (AvgIpc) is 2.80. The first-order valence-corrected chi connectivity index (χ1v) is 9.99. The number of hydrogen-bond acceptors (Lipinski definition) is 6. The van der Waals surface area contributed by atoms with Crippen molar-refractivity contribution in [2.24, 2.45) is 0 Å². The monoisotopic (exact) mass is 453 g/mol. The first-order chi connectivity index (χ1) is 15.8. The molecule has 0 bridgehead atoms. The van der Waals surface area contributed by atoms with Crippen molar-refractivity contribution in [3.05, 3.63) is 60.8 Å². The third-order valence-electron chi connectivity index (χ3n) is 4.80. The van der Waals surface area contributed by atoms with Gasteiger partial charge in [0.1, 0.15) is 17.2 Å². The van der Waals surface area contributed by atoms with Crippen molar-refractivity contribution < 1.29 is 33.8 Å². The van der Waals surface area contributed by atoms with Gasteiger partial charge in [-0.3, -0.25) is 19.3 Å². The predicted octanol–water partition coefficient (Wildman–Crippen LogP) is 2.40. The highest BCUT2D eigenvalue weighted by molar-refractivity contribution is 6.19. The molecule has 0 radical (unpaired) electrons. The molecule has 0 aromatic heterocycles. The number of nitrogens with zero attached hydrogens (tertiary/aromatic N) is 2. The second kappa shape index (κ2) is 10.3. The van der Waals surface area contributed by atoms with Crippen LogP contribution in [0.3, 0.4) is 0 Å². The highest BCUT2D eigenvalue weighted by Gasteiger charge is 2.39. The summed E-state index contributed by atoms with van der Waals surface area (Å²) in [4.78, 5) is 51.2. The van der Waals surface area contributed by atoms with Crippen LogP contribution >= 0.6 is 0 Å². The van der Waals surface area contributed by atoms with E-state index >= 15 is 0 Å². The molecule has 0 unspecified atom stereocenters. The summed E-state index contributed by atoms with van der Waals surface area (Å²) in [5.74, 6) is -0.629. The number of ketones is 1. The van der Waals surface area contributed by atoms with Crippen molar-refractivity contribution in [3.8, 4) is 17.2 Å². The molecule has 1 heterocycles. The predicted molar refractivity (Wildman–Crippen MR) is 118 cm³/mol. The Hall–Kier alpha value is -4.34. The van der Waals surface area contributed by atoms with Crippen LogP contribution in [0.5, 0.6) is 17.2 Å². The van der Waals surface area contributed by atoms with E-state index in [1.165, 1.54) is 36.4 Å². The smallest absolute Gasteiger partial charge is 0.323 e. The second-order valence-electron chi connectivity index (χ2n) is 7.09. The van der Waals surface area contributed by atoms with Gasteiger partial charge in [-0.25, -0.2) is 4.79 Å². The second-order valence-corrected chi connectivity index (χ2v) is 7.09. The Bertz CT molecular complexity index is 1080. The summed E-state index contributed by atoms with van der Waals surface area (Å²) in [6.45, 7) is -0.164. The lowest BCUT2D eigenvalue weighted by Gasteiger charge is -2.33. The maximum absolute atomic E-state index is 12.9. The molecule has 3 amide bonds. The van der Waals surface area contributed by atoms with Gasteiger partial charge in [-0.2, -0.15) is 0 Å². The molecule has 1 atom stereocenters. The van der Waals surface area contributed by atoms with E-state index in [1.807, 2.05) is 0 Å². The van der Waals surface area contributed by atoms with Crippen LogP contribution in [0.2, 0.25) is 0 Å². The minimum absolute atomic E-state index is 0.164. The van der Waals surface area contributed by atoms with E-state index in [9.17, 15) is 19.2 Å². The normalized spacial score (nSPS) is 15.2. The maximum Gasteiger partial charge on any atom is 0.323 e. The number of likely N-dealkylation sites (N-methyl/N-ethyl adjacent to an activating group) is 1. The third kappa shape index (κ3) is 5.67. The van der Waals surface area contributed by atoms with E-state index in [0.29, 0.717) is 17.2 Å². The maximum atomic E-state index is 12.9. The van der Waals surface area contributed by atoms with Gasteiger partial charge in [0.2, 0.25) is 0 Å². The molecule has 0 saturated carbocycles. The first-order valence-electron chi connectivity index (χ1n) is 9.99.